The van der Waals surface area contributed by atoms with Crippen molar-refractivity contribution >= 4 is 11.3 Å². The molecule has 0 bridgehead atoms. The Morgan fingerprint density at radius 2 is 1.96 bits per heavy atom. The molecule has 0 aliphatic carbocycles. The Labute approximate surface area is 141 Å². The van der Waals surface area contributed by atoms with E-state index in [2.05, 4.69) is 25.1 Å². The lowest BCUT2D eigenvalue weighted by Gasteiger charge is -2.05. The molecule has 0 saturated heterocycles. The van der Waals surface area contributed by atoms with Crippen molar-refractivity contribution in [2.24, 2.45) is 0 Å². The zero-order valence-corrected chi connectivity index (χ0v) is 13.1. The van der Waals surface area contributed by atoms with E-state index in [0.717, 1.165) is 33.8 Å². The second kappa shape index (κ2) is 5.13. The highest BCUT2D eigenvalue weighted by Crippen LogP contribution is 2.22. The second-order valence-electron chi connectivity index (χ2n) is 5.66. The summed E-state index contributed by atoms with van der Waals surface area (Å²) in [4.78, 5) is 14.7. The Bertz CT molecular complexity index is 1200. The third kappa shape index (κ3) is 2.13. The van der Waals surface area contributed by atoms with E-state index in [4.69, 9.17) is 5.84 Å². The van der Waals surface area contributed by atoms with Crippen LogP contribution in [0.3, 0.4) is 0 Å². The lowest BCUT2D eigenvalue weighted by Crippen LogP contribution is -2.07. The first-order valence-electron chi connectivity index (χ1n) is 7.68. The Hall–Kier alpha value is -3.75. The van der Waals surface area contributed by atoms with Crippen molar-refractivity contribution in [2.45, 2.75) is 6.42 Å². The normalized spacial score (nSPS) is 11.5. The van der Waals surface area contributed by atoms with Gasteiger partial charge in [0.1, 0.15) is 6.33 Å². The summed E-state index contributed by atoms with van der Waals surface area (Å²) in [6.07, 6.45) is 12.9. The molecule has 5 aromatic heterocycles. The number of nitrogens with zero attached hydrogens (tertiary/aromatic N) is 8. The topological polar surface area (TPSA) is 104 Å². The largest absolute Gasteiger partial charge is 0.323 e. The van der Waals surface area contributed by atoms with E-state index < -0.39 is 0 Å². The van der Waals surface area contributed by atoms with E-state index in [-0.39, 0.29) is 0 Å². The van der Waals surface area contributed by atoms with Crippen LogP contribution < -0.4 is 5.84 Å². The average Bonchev–Trinajstić information content (AvgIpc) is 3.33. The first-order valence-corrected chi connectivity index (χ1v) is 7.68. The van der Waals surface area contributed by atoms with E-state index in [0.29, 0.717) is 6.42 Å². The minimum atomic E-state index is 0.611. The van der Waals surface area contributed by atoms with Crippen molar-refractivity contribution in [3.8, 4) is 11.3 Å². The van der Waals surface area contributed by atoms with Gasteiger partial charge in [-0.05, 0) is 6.07 Å². The molecule has 0 unspecified atom stereocenters. The van der Waals surface area contributed by atoms with E-state index in [1.165, 1.54) is 4.79 Å². The molecule has 0 aliphatic rings. The van der Waals surface area contributed by atoms with Crippen molar-refractivity contribution in [2.75, 3.05) is 5.84 Å². The van der Waals surface area contributed by atoms with Gasteiger partial charge in [0.25, 0.3) is 0 Å². The number of hydrogen-bond donors (Lipinski definition) is 1. The zero-order chi connectivity index (χ0) is 16.8. The highest BCUT2D eigenvalue weighted by atomic mass is 15.5. The van der Waals surface area contributed by atoms with E-state index in [9.17, 15) is 0 Å². The molecule has 0 spiro atoms. The fourth-order valence-corrected chi connectivity index (χ4v) is 3.00. The summed E-state index contributed by atoms with van der Waals surface area (Å²) in [5.41, 5.74) is 5.33. The maximum Gasteiger partial charge on any atom is 0.159 e. The molecular weight excluding hydrogens is 318 g/mol. The highest BCUT2D eigenvalue weighted by Gasteiger charge is 2.13. The molecule has 0 radical (unpaired) electrons. The molecule has 0 atom stereocenters. The number of nitrogens with two attached hydrogens (primary N) is 1. The van der Waals surface area contributed by atoms with Gasteiger partial charge in [-0.3, -0.25) is 9.38 Å². The van der Waals surface area contributed by atoms with Crippen LogP contribution in [0.25, 0.3) is 22.6 Å². The van der Waals surface area contributed by atoms with Crippen LogP contribution in [0.2, 0.25) is 0 Å². The molecule has 5 heterocycles. The van der Waals surface area contributed by atoms with Crippen molar-refractivity contribution in [1.29, 1.82) is 0 Å². The summed E-state index contributed by atoms with van der Waals surface area (Å²) in [5.74, 6) is 5.65. The van der Waals surface area contributed by atoms with Crippen LogP contribution in [0.4, 0.5) is 0 Å². The quantitative estimate of drug-likeness (QED) is 0.493. The highest BCUT2D eigenvalue weighted by molar-refractivity contribution is 5.64. The van der Waals surface area contributed by atoms with Crippen molar-refractivity contribution in [3.05, 3.63) is 66.9 Å². The van der Waals surface area contributed by atoms with Gasteiger partial charge in [0.05, 0.1) is 30.0 Å². The number of pyridine rings is 1. The fourth-order valence-electron chi connectivity index (χ4n) is 3.00. The summed E-state index contributed by atoms with van der Waals surface area (Å²) < 4.78 is 3.74. The third-order valence-corrected chi connectivity index (χ3v) is 4.14. The van der Waals surface area contributed by atoms with Gasteiger partial charge in [0.15, 0.2) is 11.3 Å². The van der Waals surface area contributed by atoms with E-state index in [1.807, 2.05) is 28.9 Å². The molecule has 9 nitrogen and oxygen atoms in total. The predicted octanol–water partition coefficient (Wildman–Crippen LogP) is 0.940. The molecule has 122 valence electrons. The Morgan fingerprint density at radius 3 is 2.84 bits per heavy atom. The van der Waals surface area contributed by atoms with Gasteiger partial charge < -0.3 is 5.84 Å². The monoisotopic (exact) mass is 331 g/mol. The fraction of sp³-hybridized carbons (Fsp3) is 0.0625. The van der Waals surface area contributed by atoms with Gasteiger partial charge in [-0.15, -0.1) is 0 Å². The van der Waals surface area contributed by atoms with E-state index in [1.54, 1.807) is 35.6 Å². The Balaban J connectivity index is 1.63. The smallest absolute Gasteiger partial charge is 0.159 e. The van der Waals surface area contributed by atoms with Gasteiger partial charge in [0, 0.05) is 36.1 Å². The molecule has 5 aromatic rings. The van der Waals surface area contributed by atoms with Gasteiger partial charge in [-0.25, -0.2) is 14.5 Å². The molecule has 0 fully saturated rings. The van der Waals surface area contributed by atoms with Crippen LogP contribution >= 0.6 is 0 Å². The molecule has 25 heavy (non-hydrogen) atoms. The summed E-state index contributed by atoms with van der Waals surface area (Å²) in [7, 11) is 0. The maximum absolute atomic E-state index is 5.65. The van der Waals surface area contributed by atoms with E-state index >= 15 is 0 Å². The Morgan fingerprint density at radius 1 is 1.00 bits per heavy atom. The van der Waals surface area contributed by atoms with Crippen LogP contribution in [-0.4, -0.2) is 38.9 Å². The number of fused-ring (bicyclic) bond motifs is 2. The summed E-state index contributed by atoms with van der Waals surface area (Å²) in [6.45, 7) is 0. The summed E-state index contributed by atoms with van der Waals surface area (Å²) in [5, 5.41) is 8.19. The lowest BCUT2D eigenvalue weighted by atomic mass is 10.1. The van der Waals surface area contributed by atoms with Crippen LogP contribution in [0.1, 0.15) is 11.3 Å². The average molecular weight is 331 g/mol. The molecule has 0 amide bonds. The second-order valence-corrected chi connectivity index (χ2v) is 5.66. The SMILES string of the molecule is Nn1cc(-c2cnc3c(Cc4cccn5ncnc45)nccn23)cn1. The predicted molar refractivity (Wildman–Crippen MR) is 90.2 cm³/mol. The standard InChI is InChI=1S/C16H13N9/c17-25-9-12(7-21-25)14-8-19-16-13(18-3-5-23(14)16)6-11-2-1-4-24-15(11)20-10-22-24/h1-5,7-10H,6,17H2. The number of hydrogen-bond acceptors (Lipinski definition) is 6. The maximum atomic E-state index is 5.65. The summed E-state index contributed by atoms with van der Waals surface area (Å²) >= 11 is 0. The van der Waals surface area contributed by atoms with Gasteiger partial charge in [-0.2, -0.15) is 15.0 Å². The van der Waals surface area contributed by atoms with Crippen molar-refractivity contribution in [1.82, 2.24) is 38.9 Å². The molecule has 5 rings (SSSR count). The lowest BCUT2D eigenvalue weighted by molar-refractivity contribution is 0.832. The van der Waals surface area contributed by atoms with Crippen LogP contribution in [0.5, 0.6) is 0 Å². The first kappa shape index (κ1) is 13.7. The van der Waals surface area contributed by atoms with Crippen LogP contribution in [0.15, 0.2) is 55.6 Å². The van der Waals surface area contributed by atoms with Crippen molar-refractivity contribution in [3.63, 3.8) is 0 Å². The summed E-state index contributed by atoms with van der Waals surface area (Å²) in [6, 6.07) is 3.97. The minimum Gasteiger partial charge on any atom is -0.323 e. The molecule has 0 aromatic carbocycles. The third-order valence-electron chi connectivity index (χ3n) is 4.14. The van der Waals surface area contributed by atoms with Gasteiger partial charge in [0.2, 0.25) is 0 Å². The number of aromatic nitrogens is 8. The molecular formula is C16H13N9. The molecule has 0 saturated carbocycles. The van der Waals surface area contributed by atoms with Gasteiger partial charge in [-0.1, -0.05) is 6.07 Å². The van der Waals surface area contributed by atoms with Crippen molar-refractivity contribution < 1.29 is 0 Å². The van der Waals surface area contributed by atoms with Crippen LogP contribution in [-0.2, 0) is 6.42 Å². The Kier molecular flexibility index (Phi) is 2.80. The molecule has 2 N–H and O–H groups in total. The van der Waals surface area contributed by atoms with Crippen LogP contribution in [0, 0.1) is 0 Å². The zero-order valence-electron chi connectivity index (χ0n) is 13.1. The number of imidazole rings is 1. The minimum absolute atomic E-state index is 0.611. The number of rotatable bonds is 3. The number of nitrogen functional groups attached to an aromatic ring is 1. The first-order chi connectivity index (χ1) is 12.3. The molecule has 0 aliphatic heterocycles. The van der Waals surface area contributed by atoms with Gasteiger partial charge >= 0.3 is 0 Å². The molecule has 9 heteroatoms.